The van der Waals surface area contributed by atoms with Gasteiger partial charge in [-0.3, -0.25) is 14.9 Å². The van der Waals surface area contributed by atoms with Crippen LogP contribution in [0.2, 0.25) is 0 Å². The fourth-order valence-corrected chi connectivity index (χ4v) is 3.48. The van der Waals surface area contributed by atoms with Crippen LogP contribution in [0.5, 0.6) is 0 Å². The van der Waals surface area contributed by atoms with Crippen LogP contribution in [0.25, 0.3) is 0 Å². The van der Waals surface area contributed by atoms with E-state index in [2.05, 4.69) is 10.6 Å². The summed E-state index contributed by atoms with van der Waals surface area (Å²) >= 11 is 0. The van der Waals surface area contributed by atoms with Crippen molar-refractivity contribution >= 4 is 29.3 Å². The number of likely N-dealkylation sites (tertiary alicyclic amines) is 1. The Bertz CT molecular complexity index is 1060. The summed E-state index contributed by atoms with van der Waals surface area (Å²) in [5, 5.41) is 5.31. The lowest BCUT2D eigenvalue weighted by Gasteiger charge is -2.18. The van der Waals surface area contributed by atoms with E-state index in [4.69, 9.17) is 4.74 Å². The monoisotopic (exact) mass is 477 g/mol. The van der Waals surface area contributed by atoms with Crippen LogP contribution in [0.1, 0.15) is 31.4 Å². The van der Waals surface area contributed by atoms with Gasteiger partial charge in [0.05, 0.1) is 18.1 Å². The molecule has 1 unspecified atom stereocenters. The Balaban J connectivity index is 1.57. The summed E-state index contributed by atoms with van der Waals surface area (Å²) in [6.45, 7) is 4.19. The molecule has 2 aromatic rings. The first-order valence-corrected chi connectivity index (χ1v) is 10.8. The Morgan fingerprint density at radius 2 is 1.76 bits per heavy atom. The molecule has 1 aliphatic rings. The van der Waals surface area contributed by atoms with Crippen molar-refractivity contribution in [2.24, 2.45) is 11.8 Å². The molecule has 3 amide bonds. The molecular weight excluding hydrogens is 451 g/mol. The first-order chi connectivity index (χ1) is 16.0. The van der Waals surface area contributed by atoms with Crippen molar-refractivity contribution in [2.75, 3.05) is 23.8 Å². The molecule has 2 N–H and O–H groups in total. The number of halogens is 3. The second-order valence-corrected chi connectivity index (χ2v) is 8.56. The van der Waals surface area contributed by atoms with Crippen LogP contribution in [0, 0.1) is 11.8 Å². The molecule has 7 nitrogen and oxygen atoms in total. The Hall–Kier alpha value is -3.56. The van der Waals surface area contributed by atoms with E-state index in [-0.39, 0.29) is 43.8 Å². The number of rotatable bonds is 7. The Morgan fingerprint density at radius 1 is 1.09 bits per heavy atom. The lowest BCUT2D eigenvalue weighted by molar-refractivity contribution is -0.137. The van der Waals surface area contributed by atoms with Gasteiger partial charge in [0.1, 0.15) is 0 Å². The van der Waals surface area contributed by atoms with Crippen molar-refractivity contribution in [3.8, 4) is 0 Å². The summed E-state index contributed by atoms with van der Waals surface area (Å²) in [5.41, 5.74) is 0.413. The normalized spacial score (nSPS) is 16.0. The molecule has 182 valence electrons. The van der Waals surface area contributed by atoms with Crippen LogP contribution in [0.4, 0.5) is 29.3 Å². The predicted octanol–water partition coefficient (Wildman–Crippen LogP) is 4.90. The van der Waals surface area contributed by atoms with Gasteiger partial charge in [-0.15, -0.1) is 0 Å². The summed E-state index contributed by atoms with van der Waals surface area (Å²) in [4.78, 5) is 38.3. The van der Waals surface area contributed by atoms with Crippen molar-refractivity contribution in [2.45, 2.75) is 33.0 Å². The Labute approximate surface area is 195 Å². The molecule has 1 saturated heterocycles. The summed E-state index contributed by atoms with van der Waals surface area (Å²) in [6.07, 6.45) is -5.12. The third kappa shape index (κ3) is 6.97. The second kappa shape index (κ2) is 10.6. The number of nitrogens with zero attached hydrogens (tertiary/aromatic N) is 1. The van der Waals surface area contributed by atoms with Crippen LogP contribution in [0.3, 0.4) is 0 Å². The highest BCUT2D eigenvalue weighted by Gasteiger charge is 2.35. The number of carbonyl (C=O) groups is 3. The van der Waals surface area contributed by atoms with Gasteiger partial charge >= 0.3 is 12.3 Å². The molecule has 1 fully saturated rings. The zero-order valence-electron chi connectivity index (χ0n) is 18.8. The molecular formula is C24H26F3N3O4. The van der Waals surface area contributed by atoms with Crippen LogP contribution in [-0.4, -0.2) is 36.0 Å². The van der Waals surface area contributed by atoms with Gasteiger partial charge in [-0.05, 0) is 41.8 Å². The fraction of sp³-hybridized carbons (Fsp3) is 0.375. The van der Waals surface area contributed by atoms with E-state index in [0.29, 0.717) is 16.9 Å². The minimum Gasteiger partial charge on any atom is -0.449 e. The van der Waals surface area contributed by atoms with E-state index < -0.39 is 23.8 Å². The zero-order valence-corrected chi connectivity index (χ0v) is 18.8. The highest BCUT2D eigenvalue weighted by atomic mass is 19.4. The molecule has 1 atom stereocenters. The molecule has 0 bridgehead atoms. The van der Waals surface area contributed by atoms with Crippen molar-refractivity contribution in [3.05, 3.63) is 59.7 Å². The number of hydrogen-bond donors (Lipinski definition) is 2. The van der Waals surface area contributed by atoms with Gasteiger partial charge in [0, 0.05) is 30.9 Å². The topological polar surface area (TPSA) is 87.7 Å². The molecule has 2 aromatic carbocycles. The zero-order chi connectivity index (χ0) is 24.9. The third-order valence-electron chi connectivity index (χ3n) is 5.14. The highest BCUT2D eigenvalue weighted by Crippen LogP contribution is 2.30. The molecule has 10 heteroatoms. The second-order valence-electron chi connectivity index (χ2n) is 8.56. The molecule has 0 radical (unpaired) electrons. The number of ether oxygens (including phenoxy) is 1. The van der Waals surface area contributed by atoms with Gasteiger partial charge in [-0.2, -0.15) is 13.2 Å². The molecule has 1 aliphatic heterocycles. The summed E-state index contributed by atoms with van der Waals surface area (Å²) < 4.78 is 43.9. The minimum absolute atomic E-state index is 0.00950. The first-order valence-electron chi connectivity index (χ1n) is 10.8. The largest absolute Gasteiger partial charge is 0.449 e. The molecule has 0 aliphatic carbocycles. The maximum absolute atomic E-state index is 12.9. The standard InChI is InChI=1S/C24H26F3N3O4/c1-15(2)14-34-23(33)29-20-8-4-7-19(11-20)28-22(32)17-10-21(31)30(13-17)12-16-5-3-6-18(9-16)24(25,26)27/h3-9,11,15,17H,10,12-14H2,1-2H3,(H,28,32)(H,29,33). The van der Waals surface area contributed by atoms with Gasteiger partial charge in [-0.1, -0.05) is 32.0 Å². The van der Waals surface area contributed by atoms with Crippen LogP contribution >= 0.6 is 0 Å². The molecule has 0 saturated carbocycles. The van der Waals surface area contributed by atoms with E-state index in [9.17, 15) is 27.6 Å². The molecule has 0 aromatic heterocycles. The van der Waals surface area contributed by atoms with Crippen molar-refractivity contribution in [1.29, 1.82) is 0 Å². The SMILES string of the molecule is CC(C)COC(=O)Nc1cccc(NC(=O)C2CC(=O)N(Cc3cccc(C(F)(F)F)c3)C2)c1. The lowest BCUT2D eigenvalue weighted by atomic mass is 10.1. The average Bonchev–Trinajstić information content (AvgIpc) is 3.12. The summed E-state index contributed by atoms with van der Waals surface area (Å²) in [7, 11) is 0. The van der Waals surface area contributed by atoms with Crippen molar-refractivity contribution in [3.63, 3.8) is 0 Å². The number of benzene rings is 2. The van der Waals surface area contributed by atoms with E-state index in [1.165, 1.54) is 17.0 Å². The van der Waals surface area contributed by atoms with Crippen molar-refractivity contribution < 1.29 is 32.3 Å². The van der Waals surface area contributed by atoms with E-state index >= 15 is 0 Å². The van der Waals surface area contributed by atoms with Crippen molar-refractivity contribution in [1.82, 2.24) is 4.90 Å². The lowest BCUT2D eigenvalue weighted by Crippen LogP contribution is -2.28. The highest BCUT2D eigenvalue weighted by molar-refractivity contribution is 5.97. The third-order valence-corrected chi connectivity index (χ3v) is 5.14. The van der Waals surface area contributed by atoms with Crippen LogP contribution in [-0.2, 0) is 27.0 Å². The summed E-state index contributed by atoms with van der Waals surface area (Å²) in [6, 6.07) is 11.3. The number of anilines is 2. The summed E-state index contributed by atoms with van der Waals surface area (Å²) in [5.74, 6) is -1.15. The smallest absolute Gasteiger partial charge is 0.416 e. The average molecular weight is 477 g/mol. The Kier molecular flexibility index (Phi) is 7.80. The van der Waals surface area contributed by atoms with E-state index in [0.717, 1.165) is 12.1 Å². The van der Waals surface area contributed by atoms with Crippen LogP contribution in [0.15, 0.2) is 48.5 Å². The van der Waals surface area contributed by atoms with E-state index in [1.54, 1.807) is 24.3 Å². The molecule has 3 rings (SSSR count). The molecule has 34 heavy (non-hydrogen) atoms. The van der Waals surface area contributed by atoms with E-state index in [1.807, 2.05) is 13.8 Å². The quantitative estimate of drug-likeness (QED) is 0.594. The maximum Gasteiger partial charge on any atom is 0.416 e. The molecule has 0 spiro atoms. The number of hydrogen-bond acceptors (Lipinski definition) is 4. The number of alkyl halides is 3. The van der Waals surface area contributed by atoms with Gasteiger partial charge in [-0.25, -0.2) is 4.79 Å². The predicted molar refractivity (Wildman–Crippen MR) is 120 cm³/mol. The van der Waals surface area contributed by atoms with Crippen LogP contribution < -0.4 is 10.6 Å². The number of carbonyl (C=O) groups excluding carboxylic acids is 3. The first kappa shape index (κ1) is 25.1. The Morgan fingerprint density at radius 3 is 2.44 bits per heavy atom. The molecule has 1 heterocycles. The number of amides is 3. The fourth-order valence-electron chi connectivity index (χ4n) is 3.48. The minimum atomic E-state index is -4.47. The number of nitrogens with one attached hydrogen (secondary N) is 2. The maximum atomic E-state index is 12.9. The van der Waals surface area contributed by atoms with Gasteiger partial charge in [0.25, 0.3) is 0 Å². The van der Waals surface area contributed by atoms with Gasteiger partial charge < -0.3 is 15.0 Å². The van der Waals surface area contributed by atoms with Gasteiger partial charge in [0.15, 0.2) is 0 Å². The van der Waals surface area contributed by atoms with Gasteiger partial charge in [0.2, 0.25) is 11.8 Å².